The van der Waals surface area contributed by atoms with Crippen LogP contribution in [0.25, 0.3) is 0 Å². The van der Waals surface area contributed by atoms with Gasteiger partial charge in [0.15, 0.2) is 5.78 Å². The molecular weight excluding hydrogens is 434 g/mol. The number of ketones is 1. The molecule has 0 saturated heterocycles. The second-order valence-electron chi connectivity index (χ2n) is 7.08. The molecule has 162 valence electrons. The number of Topliss-reactive ketones (excluding diaryl/α,β-unsaturated/α-hetero) is 1. The average molecular weight is 458 g/mol. The predicted octanol–water partition coefficient (Wildman–Crippen LogP) is 5.45. The van der Waals surface area contributed by atoms with Crippen molar-refractivity contribution in [2.24, 2.45) is 5.10 Å². The Morgan fingerprint density at radius 2 is 1.61 bits per heavy atom. The van der Waals surface area contributed by atoms with E-state index in [-0.39, 0.29) is 24.2 Å². The maximum atomic E-state index is 12.0. The summed E-state index contributed by atoms with van der Waals surface area (Å²) in [4.78, 5) is 17.3. The fraction of sp³-hybridized carbons (Fsp3) is 0.261. The van der Waals surface area contributed by atoms with Gasteiger partial charge in [-0.1, -0.05) is 23.5 Å². The number of ether oxygens (including phenoxy) is 2. The molecule has 6 nitrogen and oxygen atoms in total. The Morgan fingerprint density at radius 1 is 1.03 bits per heavy atom. The van der Waals surface area contributed by atoms with Gasteiger partial charge in [-0.15, -0.1) is 12.4 Å². The van der Waals surface area contributed by atoms with Crippen molar-refractivity contribution in [3.05, 3.63) is 70.2 Å². The van der Waals surface area contributed by atoms with Crippen LogP contribution in [-0.2, 0) is 0 Å². The zero-order valence-corrected chi connectivity index (χ0v) is 19.4. The van der Waals surface area contributed by atoms with E-state index in [2.05, 4.69) is 17.1 Å². The van der Waals surface area contributed by atoms with Gasteiger partial charge in [0.25, 0.3) is 0 Å². The van der Waals surface area contributed by atoms with Crippen molar-refractivity contribution in [2.75, 3.05) is 19.2 Å². The summed E-state index contributed by atoms with van der Waals surface area (Å²) in [6.07, 6.45) is 0.729. The van der Waals surface area contributed by atoms with Gasteiger partial charge in [0, 0.05) is 13.3 Å². The van der Waals surface area contributed by atoms with Gasteiger partial charge in [0.2, 0.25) is 5.13 Å². The number of nitrogens with zero attached hydrogens (tertiary/aromatic N) is 3. The molecule has 1 unspecified atom stereocenters. The lowest BCUT2D eigenvalue weighted by Crippen LogP contribution is -2.18. The summed E-state index contributed by atoms with van der Waals surface area (Å²) in [6.45, 7) is 3.44. The molecule has 0 N–H and O–H groups in total. The van der Waals surface area contributed by atoms with Crippen molar-refractivity contribution in [1.29, 1.82) is 0 Å². The van der Waals surface area contributed by atoms with E-state index in [0.717, 1.165) is 45.6 Å². The molecule has 0 spiro atoms. The van der Waals surface area contributed by atoms with E-state index in [1.54, 1.807) is 21.1 Å². The van der Waals surface area contributed by atoms with Crippen LogP contribution in [0.1, 0.15) is 45.9 Å². The Bertz CT molecular complexity index is 1090. The van der Waals surface area contributed by atoms with Crippen LogP contribution in [0.15, 0.2) is 53.6 Å². The highest BCUT2D eigenvalue weighted by atomic mass is 35.5. The van der Waals surface area contributed by atoms with Crippen molar-refractivity contribution in [3.8, 4) is 11.5 Å². The van der Waals surface area contributed by atoms with Crippen LogP contribution in [-0.4, -0.2) is 30.7 Å². The van der Waals surface area contributed by atoms with Gasteiger partial charge in [-0.25, -0.2) is 9.99 Å². The SMILES string of the molecule is COc1ccc(C2=NN(c3nc(C)c(C(C)=O)s3)C(c3ccc(OC)cc3)C2)cc1.Cl. The largest absolute Gasteiger partial charge is 0.497 e. The topological polar surface area (TPSA) is 64.0 Å². The zero-order valence-electron chi connectivity index (χ0n) is 17.8. The lowest BCUT2D eigenvalue weighted by molar-refractivity contribution is 0.102. The minimum absolute atomic E-state index is 0. The highest BCUT2D eigenvalue weighted by molar-refractivity contribution is 7.17. The molecule has 2 heterocycles. The first-order valence-electron chi connectivity index (χ1n) is 9.63. The number of carbonyl (C=O) groups is 1. The normalized spacial score (nSPS) is 15.3. The van der Waals surface area contributed by atoms with E-state index >= 15 is 0 Å². The number of benzene rings is 2. The van der Waals surface area contributed by atoms with Crippen molar-refractivity contribution >= 4 is 40.4 Å². The zero-order chi connectivity index (χ0) is 21.3. The molecule has 0 bridgehead atoms. The van der Waals surface area contributed by atoms with Gasteiger partial charge in [-0.3, -0.25) is 4.79 Å². The third-order valence-corrected chi connectivity index (χ3v) is 6.38. The first-order valence-corrected chi connectivity index (χ1v) is 10.4. The Labute approximate surface area is 191 Å². The van der Waals surface area contributed by atoms with Crippen LogP contribution in [0, 0.1) is 6.92 Å². The Kier molecular flexibility index (Phi) is 6.97. The molecule has 0 saturated carbocycles. The maximum Gasteiger partial charge on any atom is 0.207 e. The molecule has 1 aromatic heterocycles. The molecule has 4 rings (SSSR count). The second-order valence-corrected chi connectivity index (χ2v) is 8.06. The molecule has 8 heteroatoms. The van der Waals surface area contributed by atoms with E-state index in [0.29, 0.717) is 4.88 Å². The fourth-order valence-electron chi connectivity index (χ4n) is 3.54. The highest BCUT2D eigenvalue weighted by Gasteiger charge is 2.32. The number of aromatic nitrogens is 1. The van der Waals surface area contributed by atoms with Gasteiger partial charge in [0.05, 0.1) is 36.5 Å². The Hall–Kier alpha value is -2.90. The molecule has 2 aromatic carbocycles. The van der Waals surface area contributed by atoms with Gasteiger partial charge >= 0.3 is 0 Å². The summed E-state index contributed by atoms with van der Waals surface area (Å²) >= 11 is 1.39. The van der Waals surface area contributed by atoms with Crippen molar-refractivity contribution in [3.63, 3.8) is 0 Å². The van der Waals surface area contributed by atoms with E-state index in [1.165, 1.54) is 11.3 Å². The van der Waals surface area contributed by atoms with Crippen LogP contribution in [0.3, 0.4) is 0 Å². The average Bonchev–Trinajstić information content (AvgIpc) is 3.38. The molecule has 3 aromatic rings. The van der Waals surface area contributed by atoms with Gasteiger partial charge in [-0.05, 0) is 54.4 Å². The number of thiazole rings is 1. The number of anilines is 1. The first kappa shape index (κ1) is 22.8. The summed E-state index contributed by atoms with van der Waals surface area (Å²) in [5.41, 5.74) is 3.86. The lowest BCUT2D eigenvalue weighted by atomic mass is 9.98. The fourth-order valence-corrected chi connectivity index (χ4v) is 4.50. The maximum absolute atomic E-state index is 12.0. The number of hydrogen-bond acceptors (Lipinski definition) is 7. The van der Waals surface area contributed by atoms with E-state index in [1.807, 2.05) is 48.3 Å². The lowest BCUT2D eigenvalue weighted by Gasteiger charge is -2.21. The Morgan fingerprint density at radius 3 is 2.13 bits per heavy atom. The molecule has 0 aliphatic carbocycles. The molecule has 31 heavy (non-hydrogen) atoms. The van der Waals surface area contributed by atoms with Crippen LogP contribution >= 0.6 is 23.7 Å². The number of hydrazone groups is 1. The van der Waals surface area contributed by atoms with E-state index in [9.17, 15) is 4.79 Å². The summed E-state index contributed by atoms with van der Waals surface area (Å²) in [5.74, 6) is 1.64. The van der Waals surface area contributed by atoms with Gasteiger partial charge in [0.1, 0.15) is 11.5 Å². The predicted molar refractivity (Wildman–Crippen MR) is 126 cm³/mol. The third-order valence-electron chi connectivity index (χ3n) is 5.14. The van der Waals surface area contributed by atoms with Crippen molar-refractivity contribution in [1.82, 2.24) is 4.98 Å². The van der Waals surface area contributed by atoms with Crippen molar-refractivity contribution in [2.45, 2.75) is 26.3 Å². The first-order chi connectivity index (χ1) is 14.5. The molecule has 0 fully saturated rings. The molecule has 0 amide bonds. The quantitative estimate of drug-likeness (QED) is 0.460. The summed E-state index contributed by atoms with van der Waals surface area (Å²) < 4.78 is 10.6. The van der Waals surface area contributed by atoms with E-state index in [4.69, 9.17) is 14.6 Å². The van der Waals surface area contributed by atoms with Crippen molar-refractivity contribution < 1.29 is 14.3 Å². The van der Waals surface area contributed by atoms with Crippen LogP contribution < -0.4 is 14.5 Å². The smallest absolute Gasteiger partial charge is 0.207 e. The van der Waals surface area contributed by atoms with Crippen LogP contribution in [0.2, 0.25) is 0 Å². The second kappa shape index (κ2) is 9.49. The standard InChI is InChI=1S/C23H23N3O3S.ClH/c1-14-22(15(2)27)30-23(24-14)26-21(17-7-11-19(29-4)12-8-17)13-20(25-26)16-5-9-18(28-3)10-6-16;/h5-12,21H,13H2,1-4H3;1H. The summed E-state index contributed by atoms with van der Waals surface area (Å²) in [6, 6.07) is 15.9. The van der Waals surface area contributed by atoms with Gasteiger partial charge in [-0.2, -0.15) is 5.10 Å². The van der Waals surface area contributed by atoms with Crippen LogP contribution in [0.4, 0.5) is 5.13 Å². The number of methoxy groups -OCH3 is 2. The number of aryl methyl sites for hydroxylation is 1. The molecule has 1 aliphatic rings. The summed E-state index contributed by atoms with van der Waals surface area (Å²) in [5, 5.41) is 7.57. The number of hydrogen-bond donors (Lipinski definition) is 0. The Balaban J connectivity index is 0.00000272. The number of rotatable bonds is 6. The molecule has 0 radical (unpaired) electrons. The minimum Gasteiger partial charge on any atom is -0.497 e. The van der Waals surface area contributed by atoms with Gasteiger partial charge < -0.3 is 9.47 Å². The monoisotopic (exact) mass is 457 g/mol. The third kappa shape index (κ3) is 4.57. The van der Waals surface area contributed by atoms with Crippen LogP contribution in [0.5, 0.6) is 11.5 Å². The minimum atomic E-state index is -0.0154. The molecular formula is C23H24ClN3O3S. The number of carbonyl (C=O) groups excluding carboxylic acids is 1. The molecule has 1 aliphatic heterocycles. The summed E-state index contributed by atoms with van der Waals surface area (Å²) in [7, 11) is 3.31. The molecule has 1 atom stereocenters. The highest BCUT2D eigenvalue weighted by Crippen LogP contribution is 2.40. The van der Waals surface area contributed by atoms with E-state index < -0.39 is 0 Å². The number of halogens is 1.